The van der Waals surface area contributed by atoms with Crippen LogP contribution < -0.4 is 5.32 Å². The van der Waals surface area contributed by atoms with Crippen LogP contribution >= 0.6 is 0 Å². The molecule has 1 aromatic rings. The van der Waals surface area contributed by atoms with Gasteiger partial charge in [0.1, 0.15) is 11.4 Å². The van der Waals surface area contributed by atoms with Crippen LogP contribution in [0.25, 0.3) is 0 Å². The van der Waals surface area contributed by atoms with Crippen LogP contribution in [0.1, 0.15) is 58.1 Å². The predicted octanol–water partition coefficient (Wildman–Crippen LogP) is 3.52. The van der Waals surface area contributed by atoms with Gasteiger partial charge in [0.2, 0.25) is 0 Å². The number of phenols is 1. The number of nitrogens with one attached hydrogen (secondary N) is 1. The van der Waals surface area contributed by atoms with Crippen LogP contribution in [0.3, 0.4) is 0 Å². The van der Waals surface area contributed by atoms with Crippen LogP contribution in [0.2, 0.25) is 0 Å². The Hall–Kier alpha value is -1.79. The molecule has 1 amide bonds. The van der Waals surface area contributed by atoms with Gasteiger partial charge in [0.15, 0.2) is 0 Å². The summed E-state index contributed by atoms with van der Waals surface area (Å²) in [5.74, 6) is 0.935. The van der Waals surface area contributed by atoms with E-state index in [2.05, 4.69) is 30.3 Å². The van der Waals surface area contributed by atoms with Crippen molar-refractivity contribution >= 4 is 6.09 Å². The average molecular weight is 430 g/mol. The van der Waals surface area contributed by atoms with Crippen LogP contribution in [0, 0.1) is 5.92 Å². The Morgan fingerprint density at radius 1 is 1.26 bits per heavy atom. The van der Waals surface area contributed by atoms with E-state index >= 15 is 0 Å². The molecule has 3 atom stereocenters. The van der Waals surface area contributed by atoms with Crippen molar-refractivity contribution in [3.8, 4) is 5.75 Å². The molecule has 0 aromatic heterocycles. The summed E-state index contributed by atoms with van der Waals surface area (Å²) in [6.07, 6.45) is 3.94. The van der Waals surface area contributed by atoms with Crippen molar-refractivity contribution in [1.29, 1.82) is 0 Å². The van der Waals surface area contributed by atoms with Gasteiger partial charge >= 0.3 is 6.09 Å². The number of carbonyl (C=O) groups excluding carboxylic acids is 1. The molecular formula is C25H39N3O3. The van der Waals surface area contributed by atoms with E-state index < -0.39 is 5.60 Å². The van der Waals surface area contributed by atoms with Gasteiger partial charge in [-0.3, -0.25) is 0 Å². The van der Waals surface area contributed by atoms with Gasteiger partial charge in [-0.15, -0.1) is 0 Å². The van der Waals surface area contributed by atoms with E-state index in [-0.39, 0.29) is 11.5 Å². The highest BCUT2D eigenvalue weighted by molar-refractivity contribution is 5.68. The molecule has 31 heavy (non-hydrogen) atoms. The zero-order chi connectivity index (χ0) is 22.4. The Kier molecular flexibility index (Phi) is 5.99. The summed E-state index contributed by atoms with van der Waals surface area (Å²) in [7, 11) is 2.24. The van der Waals surface area contributed by atoms with Crippen molar-refractivity contribution in [3.63, 3.8) is 0 Å². The largest absolute Gasteiger partial charge is 0.508 e. The number of rotatable bonds is 3. The van der Waals surface area contributed by atoms with E-state index in [0.29, 0.717) is 23.8 Å². The maximum atomic E-state index is 12.3. The maximum Gasteiger partial charge on any atom is 0.410 e. The van der Waals surface area contributed by atoms with E-state index in [1.807, 2.05) is 37.8 Å². The zero-order valence-corrected chi connectivity index (χ0v) is 19.8. The van der Waals surface area contributed by atoms with E-state index in [1.165, 1.54) is 11.1 Å². The summed E-state index contributed by atoms with van der Waals surface area (Å²) in [5, 5.41) is 14.1. The number of aromatic hydroxyl groups is 1. The topological polar surface area (TPSA) is 65.0 Å². The number of likely N-dealkylation sites (N-methyl/N-ethyl adjacent to an activating group) is 1. The second kappa shape index (κ2) is 8.28. The Morgan fingerprint density at radius 3 is 2.65 bits per heavy atom. The number of phenolic OH excluding ortho intramolecular Hbond substituents is 1. The first kappa shape index (κ1) is 22.4. The maximum absolute atomic E-state index is 12.3. The molecule has 2 aliphatic heterocycles. The third-order valence-corrected chi connectivity index (χ3v) is 7.65. The molecule has 2 bridgehead atoms. The second-order valence-corrected chi connectivity index (χ2v) is 11.1. The van der Waals surface area contributed by atoms with Crippen molar-refractivity contribution in [2.75, 3.05) is 33.2 Å². The van der Waals surface area contributed by atoms with Crippen molar-refractivity contribution in [1.82, 2.24) is 15.1 Å². The highest BCUT2D eigenvalue weighted by atomic mass is 16.6. The zero-order valence-electron chi connectivity index (χ0n) is 19.8. The van der Waals surface area contributed by atoms with E-state index in [9.17, 15) is 9.90 Å². The van der Waals surface area contributed by atoms with Gasteiger partial charge in [-0.05, 0) is 95.8 Å². The number of piperidine rings is 2. The summed E-state index contributed by atoms with van der Waals surface area (Å²) < 4.78 is 5.53. The second-order valence-electron chi connectivity index (χ2n) is 11.1. The lowest BCUT2D eigenvalue weighted by molar-refractivity contribution is 0.0174. The van der Waals surface area contributed by atoms with Crippen molar-refractivity contribution in [2.24, 2.45) is 5.92 Å². The Morgan fingerprint density at radius 2 is 1.97 bits per heavy atom. The Bertz CT molecular complexity index is 813. The predicted molar refractivity (Wildman–Crippen MR) is 123 cm³/mol. The fourth-order valence-corrected chi connectivity index (χ4v) is 5.79. The van der Waals surface area contributed by atoms with Crippen LogP contribution in [0.15, 0.2) is 18.2 Å². The molecule has 0 saturated carbocycles. The molecule has 1 aliphatic carbocycles. The minimum Gasteiger partial charge on any atom is -0.508 e. The van der Waals surface area contributed by atoms with Crippen molar-refractivity contribution < 1.29 is 14.6 Å². The van der Waals surface area contributed by atoms with Gasteiger partial charge in [0, 0.05) is 30.6 Å². The van der Waals surface area contributed by atoms with Crippen LogP contribution in [-0.2, 0) is 16.6 Å². The highest BCUT2D eigenvalue weighted by Crippen LogP contribution is 2.45. The van der Waals surface area contributed by atoms with E-state index in [4.69, 9.17) is 4.74 Å². The third kappa shape index (κ3) is 4.56. The fraction of sp³-hybridized carbons (Fsp3) is 0.720. The number of nitrogens with zero attached hydrogens (tertiary/aromatic N) is 2. The molecule has 1 aromatic carbocycles. The molecule has 0 radical (unpaired) electrons. The number of likely N-dealkylation sites (tertiary alicyclic amines) is 2. The van der Waals surface area contributed by atoms with Gasteiger partial charge in [0.05, 0.1) is 0 Å². The Labute approximate surface area is 186 Å². The number of fused-ring (bicyclic) bond motifs is 4. The normalized spacial score (nSPS) is 29.5. The van der Waals surface area contributed by atoms with Crippen LogP contribution in [0.5, 0.6) is 5.75 Å². The first-order valence-corrected chi connectivity index (χ1v) is 11.8. The Balaban J connectivity index is 1.39. The van der Waals surface area contributed by atoms with E-state index in [0.717, 1.165) is 51.9 Å². The molecule has 2 saturated heterocycles. The summed E-state index contributed by atoms with van der Waals surface area (Å²) in [4.78, 5) is 16.7. The lowest BCUT2D eigenvalue weighted by Gasteiger charge is -2.55. The molecular weight excluding hydrogens is 390 g/mol. The van der Waals surface area contributed by atoms with Crippen LogP contribution in [-0.4, -0.2) is 71.9 Å². The number of benzene rings is 1. The van der Waals surface area contributed by atoms with E-state index in [1.54, 1.807) is 0 Å². The van der Waals surface area contributed by atoms with Crippen molar-refractivity contribution in [2.45, 2.75) is 76.5 Å². The molecule has 172 valence electrons. The highest BCUT2D eigenvalue weighted by Gasteiger charge is 2.49. The number of carbonyl (C=O) groups is 1. The van der Waals surface area contributed by atoms with Gasteiger partial charge < -0.3 is 25.0 Å². The SMILES string of the molecule is CN1CC[C@]2(C)c3cc(O)ccc3C[C@@H]1[C@@H]2NCC1CCN(C(=O)OC(C)(C)C)CC1. The lowest BCUT2D eigenvalue weighted by atomic mass is 9.61. The van der Waals surface area contributed by atoms with Gasteiger partial charge in [-0.25, -0.2) is 4.79 Å². The quantitative estimate of drug-likeness (QED) is 0.770. The number of hydrogen-bond acceptors (Lipinski definition) is 5. The van der Waals surface area contributed by atoms with Crippen LogP contribution in [0.4, 0.5) is 4.79 Å². The molecule has 6 heteroatoms. The first-order valence-electron chi connectivity index (χ1n) is 11.8. The molecule has 2 fully saturated rings. The fourth-order valence-electron chi connectivity index (χ4n) is 5.79. The van der Waals surface area contributed by atoms with Crippen molar-refractivity contribution in [3.05, 3.63) is 29.3 Å². The molecule has 3 aliphatic rings. The summed E-state index contributed by atoms with van der Waals surface area (Å²) in [6, 6.07) is 6.76. The molecule has 6 nitrogen and oxygen atoms in total. The minimum atomic E-state index is -0.444. The molecule has 4 rings (SSSR count). The monoisotopic (exact) mass is 429 g/mol. The summed E-state index contributed by atoms with van der Waals surface area (Å²) >= 11 is 0. The molecule has 0 unspecified atom stereocenters. The number of amides is 1. The summed E-state index contributed by atoms with van der Waals surface area (Å²) in [5.41, 5.74) is 2.27. The molecule has 2 N–H and O–H groups in total. The number of hydrogen-bond donors (Lipinski definition) is 2. The van der Waals surface area contributed by atoms with Gasteiger partial charge in [0.25, 0.3) is 0 Å². The average Bonchev–Trinajstić information content (AvgIpc) is 2.70. The molecule has 0 spiro atoms. The minimum absolute atomic E-state index is 0.0285. The van der Waals surface area contributed by atoms with Gasteiger partial charge in [-0.2, -0.15) is 0 Å². The lowest BCUT2D eigenvalue weighted by Crippen LogP contribution is -2.66. The standard InChI is InChI=1S/C25H39N3O3/c1-24(2,3)31-23(30)28-11-8-17(9-12-28)16-26-22-21-14-18-6-7-19(29)15-20(18)25(22,4)10-13-27(21)5/h6-7,15,17,21-22,26,29H,8-14,16H2,1-5H3/t21-,22+,25-/m1/s1. The van der Waals surface area contributed by atoms with Gasteiger partial charge in [-0.1, -0.05) is 13.0 Å². The third-order valence-electron chi connectivity index (χ3n) is 7.65. The smallest absolute Gasteiger partial charge is 0.410 e. The first-order chi connectivity index (χ1) is 14.6. The molecule has 2 heterocycles. The number of ether oxygens (including phenoxy) is 1. The summed E-state index contributed by atoms with van der Waals surface area (Å²) in [6.45, 7) is 11.7.